The molecule has 0 aliphatic rings. The largest absolute Gasteiger partial charge is 0.434 e. The van der Waals surface area contributed by atoms with Gasteiger partial charge in [-0.15, -0.1) is 11.3 Å². The smallest absolute Gasteiger partial charge is 0.302 e. The minimum absolute atomic E-state index is 0.190. The summed E-state index contributed by atoms with van der Waals surface area (Å²) >= 11 is 1.03. The summed E-state index contributed by atoms with van der Waals surface area (Å²) in [5.41, 5.74) is 0.0559. The molecule has 19 heavy (non-hydrogen) atoms. The minimum Gasteiger partial charge on any atom is -0.302 e. The maximum Gasteiger partial charge on any atom is 0.434 e. The first-order valence-corrected chi connectivity index (χ1v) is 6.63. The van der Waals surface area contributed by atoms with Gasteiger partial charge in [-0.05, 0) is 12.5 Å². The van der Waals surface area contributed by atoms with Crippen LogP contribution in [-0.4, -0.2) is 15.2 Å². The van der Waals surface area contributed by atoms with Gasteiger partial charge < -0.3 is 5.32 Å². The number of rotatable bonds is 5. The van der Waals surface area contributed by atoms with Crippen LogP contribution in [-0.2, 0) is 12.7 Å². The quantitative estimate of drug-likeness (QED) is 0.889. The van der Waals surface area contributed by atoms with E-state index in [9.17, 15) is 13.2 Å². The van der Waals surface area contributed by atoms with Gasteiger partial charge in [-0.3, -0.25) is 5.10 Å². The lowest BCUT2D eigenvalue weighted by molar-refractivity contribution is -0.140. The zero-order chi connectivity index (χ0) is 13.9. The molecule has 0 fully saturated rings. The molecule has 0 amide bonds. The highest BCUT2D eigenvalue weighted by atomic mass is 32.1. The average molecular weight is 290 g/mol. The van der Waals surface area contributed by atoms with E-state index < -0.39 is 11.9 Å². The highest BCUT2D eigenvalue weighted by molar-refractivity contribution is 7.09. The zero-order valence-corrected chi connectivity index (χ0v) is 11.0. The van der Waals surface area contributed by atoms with Gasteiger partial charge in [0.15, 0.2) is 5.69 Å². The highest BCUT2D eigenvalue weighted by Crippen LogP contribution is 2.32. The molecule has 8 heteroatoms. The van der Waals surface area contributed by atoms with Gasteiger partial charge in [-0.2, -0.15) is 18.3 Å². The van der Waals surface area contributed by atoms with Gasteiger partial charge >= 0.3 is 6.18 Å². The fourth-order valence-corrected chi connectivity index (χ4v) is 2.58. The van der Waals surface area contributed by atoms with Crippen molar-refractivity contribution < 1.29 is 13.2 Å². The lowest BCUT2D eigenvalue weighted by atomic mass is 10.2. The van der Waals surface area contributed by atoms with E-state index in [1.54, 1.807) is 6.20 Å². The van der Waals surface area contributed by atoms with E-state index in [1.807, 2.05) is 13.0 Å². The molecule has 1 atom stereocenters. The molecular formula is C11H13F3N4S. The number of aromatic amines is 1. The summed E-state index contributed by atoms with van der Waals surface area (Å²) in [5.74, 6) is 0. The Bertz CT molecular complexity index is 506. The molecule has 2 rings (SSSR count). The number of alkyl halides is 3. The Hall–Kier alpha value is -1.41. The lowest BCUT2D eigenvalue weighted by Gasteiger charge is -2.13. The van der Waals surface area contributed by atoms with E-state index in [1.165, 1.54) is 0 Å². The number of nitrogens with zero attached hydrogens (tertiary/aromatic N) is 2. The molecule has 0 saturated carbocycles. The standard InChI is InChI=1S/C11H13F3N4S/c1-2-8(15-5-7-3-4-16-18-7)10-17-9(6-19-10)11(12,13)14/h3-4,6,8,15H,2,5H2,1H3,(H,16,18)/t8-/m1/s1. The van der Waals surface area contributed by atoms with E-state index in [0.29, 0.717) is 18.0 Å². The fourth-order valence-electron chi connectivity index (χ4n) is 1.60. The van der Waals surface area contributed by atoms with Crippen molar-refractivity contribution >= 4 is 11.3 Å². The van der Waals surface area contributed by atoms with Crippen LogP contribution in [0.3, 0.4) is 0 Å². The summed E-state index contributed by atoms with van der Waals surface area (Å²) in [4.78, 5) is 3.66. The van der Waals surface area contributed by atoms with Gasteiger partial charge in [0.2, 0.25) is 0 Å². The number of halogens is 3. The third-order valence-corrected chi connectivity index (χ3v) is 3.57. The van der Waals surface area contributed by atoms with Crippen molar-refractivity contribution in [3.63, 3.8) is 0 Å². The minimum atomic E-state index is -4.38. The van der Waals surface area contributed by atoms with Gasteiger partial charge in [0.25, 0.3) is 0 Å². The fraction of sp³-hybridized carbons (Fsp3) is 0.455. The Morgan fingerprint density at radius 1 is 1.47 bits per heavy atom. The third kappa shape index (κ3) is 3.54. The third-order valence-electron chi connectivity index (χ3n) is 2.62. The molecule has 104 valence electrons. The summed E-state index contributed by atoms with van der Waals surface area (Å²) in [6.07, 6.45) is -2.08. The number of hydrogen-bond donors (Lipinski definition) is 2. The van der Waals surface area contributed by atoms with Crippen LogP contribution in [0.5, 0.6) is 0 Å². The van der Waals surface area contributed by atoms with Gasteiger partial charge in [0.05, 0.1) is 6.04 Å². The Morgan fingerprint density at radius 2 is 2.26 bits per heavy atom. The van der Waals surface area contributed by atoms with Crippen LogP contribution in [0.15, 0.2) is 17.6 Å². The van der Waals surface area contributed by atoms with Crippen LogP contribution in [0, 0.1) is 0 Å². The molecule has 2 aromatic heterocycles. The van der Waals surface area contributed by atoms with Crippen molar-refractivity contribution in [2.75, 3.05) is 0 Å². The second kappa shape index (κ2) is 5.70. The molecule has 0 saturated heterocycles. The summed E-state index contributed by atoms with van der Waals surface area (Å²) < 4.78 is 37.5. The van der Waals surface area contributed by atoms with Crippen molar-refractivity contribution in [3.8, 4) is 0 Å². The van der Waals surface area contributed by atoms with Crippen LogP contribution in [0.4, 0.5) is 13.2 Å². The van der Waals surface area contributed by atoms with Crippen molar-refractivity contribution in [2.45, 2.75) is 32.1 Å². The van der Waals surface area contributed by atoms with Crippen LogP contribution in [0.25, 0.3) is 0 Å². The van der Waals surface area contributed by atoms with Crippen LogP contribution < -0.4 is 5.32 Å². The Morgan fingerprint density at radius 3 is 2.79 bits per heavy atom. The normalized spacial score (nSPS) is 13.7. The van der Waals surface area contributed by atoms with Crippen molar-refractivity contribution in [3.05, 3.63) is 34.0 Å². The number of H-pyrrole nitrogens is 1. The van der Waals surface area contributed by atoms with Crippen molar-refractivity contribution in [1.29, 1.82) is 0 Å². The van der Waals surface area contributed by atoms with Gasteiger partial charge in [-0.25, -0.2) is 4.98 Å². The van der Waals surface area contributed by atoms with Crippen molar-refractivity contribution in [2.24, 2.45) is 0 Å². The van der Waals surface area contributed by atoms with Crippen LogP contribution in [0.2, 0.25) is 0 Å². The molecule has 4 nitrogen and oxygen atoms in total. The summed E-state index contributed by atoms with van der Waals surface area (Å²) in [7, 11) is 0. The van der Waals surface area contributed by atoms with E-state index in [-0.39, 0.29) is 6.04 Å². The molecule has 0 aliphatic carbocycles. The Labute approximate surface area is 112 Å². The molecule has 0 aliphatic heterocycles. The lowest BCUT2D eigenvalue weighted by Crippen LogP contribution is -2.20. The number of thiazole rings is 1. The molecule has 2 N–H and O–H groups in total. The molecule has 2 heterocycles. The topological polar surface area (TPSA) is 53.6 Å². The maximum absolute atomic E-state index is 12.5. The summed E-state index contributed by atoms with van der Waals surface area (Å²) in [5, 5.41) is 11.3. The SMILES string of the molecule is CC[C@@H](NCc1ccn[nH]1)c1nc(C(F)(F)F)cs1. The Kier molecular flexibility index (Phi) is 4.20. The maximum atomic E-state index is 12.5. The second-order valence-electron chi connectivity index (χ2n) is 3.99. The monoisotopic (exact) mass is 290 g/mol. The van der Waals surface area contributed by atoms with Crippen LogP contribution >= 0.6 is 11.3 Å². The number of hydrogen-bond acceptors (Lipinski definition) is 4. The molecular weight excluding hydrogens is 277 g/mol. The summed E-state index contributed by atoms with van der Waals surface area (Å²) in [6, 6.07) is 1.62. The zero-order valence-electron chi connectivity index (χ0n) is 10.2. The van der Waals surface area contributed by atoms with E-state index >= 15 is 0 Å². The first kappa shape index (κ1) is 14.0. The van der Waals surface area contributed by atoms with E-state index in [4.69, 9.17) is 0 Å². The number of aromatic nitrogens is 3. The second-order valence-corrected chi connectivity index (χ2v) is 4.88. The van der Waals surface area contributed by atoms with Gasteiger partial charge in [0.1, 0.15) is 5.01 Å². The van der Waals surface area contributed by atoms with Gasteiger partial charge in [0, 0.05) is 23.8 Å². The van der Waals surface area contributed by atoms with Crippen molar-refractivity contribution in [1.82, 2.24) is 20.5 Å². The predicted molar refractivity (Wildman–Crippen MR) is 65.6 cm³/mol. The molecule has 0 spiro atoms. The molecule has 0 unspecified atom stereocenters. The van der Waals surface area contributed by atoms with Gasteiger partial charge in [-0.1, -0.05) is 6.92 Å². The summed E-state index contributed by atoms with van der Waals surface area (Å²) in [6.45, 7) is 2.42. The number of nitrogens with one attached hydrogen (secondary N) is 2. The first-order valence-electron chi connectivity index (χ1n) is 5.75. The molecule has 0 aromatic carbocycles. The Balaban J connectivity index is 2.03. The molecule has 2 aromatic rings. The molecule has 0 radical (unpaired) electrons. The van der Waals surface area contributed by atoms with E-state index in [0.717, 1.165) is 22.4 Å². The first-order chi connectivity index (χ1) is 9.00. The highest BCUT2D eigenvalue weighted by Gasteiger charge is 2.34. The average Bonchev–Trinajstić information content (AvgIpc) is 2.98. The molecule has 0 bridgehead atoms. The van der Waals surface area contributed by atoms with E-state index in [2.05, 4.69) is 20.5 Å². The predicted octanol–water partition coefficient (Wildman–Crippen LogP) is 3.13. The van der Waals surface area contributed by atoms with Crippen LogP contribution in [0.1, 0.15) is 35.8 Å².